The number of aromatic carboxylic acids is 1. The van der Waals surface area contributed by atoms with Crippen molar-refractivity contribution in [3.63, 3.8) is 0 Å². The molecule has 2 heterocycles. The number of nitrogens with two attached hydrogens (primary N) is 1. The van der Waals surface area contributed by atoms with Gasteiger partial charge in [0.05, 0.1) is 5.56 Å². The molecule has 1 aromatic rings. The van der Waals surface area contributed by atoms with Crippen LogP contribution in [-0.2, 0) is 10.0 Å². The third-order valence-corrected chi connectivity index (χ3v) is 5.88. The van der Waals surface area contributed by atoms with Crippen molar-refractivity contribution in [2.24, 2.45) is 5.73 Å². The van der Waals surface area contributed by atoms with Crippen molar-refractivity contribution in [1.82, 2.24) is 4.31 Å². The van der Waals surface area contributed by atoms with Gasteiger partial charge in [0.2, 0.25) is 0 Å². The summed E-state index contributed by atoms with van der Waals surface area (Å²) in [5.74, 6) is -1.12. The lowest BCUT2D eigenvalue weighted by atomic mass is 10.3. The first kappa shape index (κ1) is 12.5. The fraction of sp³-hybridized carbons (Fsp3) is 0.444. The average Bonchev–Trinajstić information content (AvgIpc) is 2.85. The summed E-state index contributed by atoms with van der Waals surface area (Å²) >= 11 is 0.922. The summed E-state index contributed by atoms with van der Waals surface area (Å²) < 4.78 is 25.6. The Labute approximate surface area is 103 Å². The molecular weight excluding hydrogens is 264 g/mol. The van der Waals surface area contributed by atoms with E-state index in [9.17, 15) is 13.2 Å². The lowest BCUT2D eigenvalue weighted by molar-refractivity contribution is 0.0697. The van der Waals surface area contributed by atoms with Crippen LogP contribution in [0, 0.1) is 0 Å². The van der Waals surface area contributed by atoms with Gasteiger partial charge in [-0.3, -0.25) is 0 Å². The van der Waals surface area contributed by atoms with E-state index in [2.05, 4.69) is 0 Å². The number of rotatable bonds is 3. The van der Waals surface area contributed by atoms with Crippen molar-refractivity contribution in [3.05, 3.63) is 17.0 Å². The third-order valence-electron chi connectivity index (χ3n) is 2.60. The molecule has 1 aliphatic rings. The molecule has 1 saturated heterocycles. The van der Waals surface area contributed by atoms with Crippen LogP contribution in [0.1, 0.15) is 16.8 Å². The maximum absolute atomic E-state index is 12.1. The topological polar surface area (TPSA) is 101 Å². The lowest BCUT2D eigenvalue weighted by Crippen LogP contribution is -2.31. The molecule has 6 nitrogen and oxygen atoms in total. The first-order chi connectivity index (χ1) is 7.91. The number of carboxylic acid groups (broad SMARTS) is 1. The quantitative estimate of drug-likeness (QED) is 0.819. The van der Waals surface area contributed by atoms with E-state index in [-0.39, 0.29) is 15.8 Å². The first-order valence-electron chi connectivity index (χ1n) is 4.99. The number of carbonyl (C=O) groups is 1. The Bertz CT molecular complexity index is 537. The molecule has 17 heavy (non-hydrogen) atoms. The van der Waals surface area contributed by atoms with Gasteiger partial charge in [0.1, 0.15) is 4.21 Å². The predicted molar refractivity (Wildman–Crippen MR) is 62.6 cm³/mol. The largest absolute Gasteiger partial charge is 0.478 e. The monoisotopic (exact) mass is 276 g/mol. The smallest absolute Gasteiger partial charge is 0.336 e. The highest BCUT2D eigenvalue weighted by Crippen LogP contribution is 2.26. The molecule has 0 aliphatic carbocycles. The van der Waals surface area contributed by atoms with Crippen molar-refractivity contribution in [3.8, 4) is 0 Å². The third kappa shape index (κ3) is 2.34. The summed E-state index contributed by atoms with van der Waals surface area (Å²) in [6.07, 6.45) is 0.635. The maximum atomic E-state index is 12.1. The molecule has 94 valence electrons. The van der Waals surface area contributed by atoms with Crippen molar-refractivity contribution in [1.29, 1.82) is 0 Å². The molecule has 1 aliphatic heterocycles. The highest BCUT2D eigenvalue weighted by molar-refractivity contribution is 7.91. The zero-order valence-electron chi connectivity index (χ0n) is 8.87. The summed E-state index contributed by atoms with van der Waals surface area (Å²) in [5, 5.41) is 10.1. The van der Waals surface area contributed by atoms with Crippen LogP contribution in [0.15, 0.2) is 15.7 Å². The average molecular weight is 276 g/mol. The van der Waals surface area contributed by atoms with Crippen molar-refractivity contribution in [2.45, 2.75) is 16.7 Å². The predicted octanol–water partition coefficient (Wildman–Crippen LogP) is 0.168. The fourth-order valence-corrected chi connectivity index (χ4v) is 4.48. The van der Waals surface area contributed by atoms with Crippen LogP contribution in [0.2, 0.25) is 0 Å². The van der Waals surface area contributed by atoms with Gasteiger partial charge in [-0.1, -0.05) is 0 Å². The molecule has 2 rings (SSSR count). The van der Waals surface area contributed by atoms with E-state index in [4.69, 9.17) is 10.8 Å². The van der Waals surface area contributed by atoms with E-state index in [0.717, 1.165) is 11.3 Å². The van der Waals surface area contributed by atoms with Gasteiger partial charge in [-0.05, 0) is 12.5 Å². The van der Waals surface area contributed by atoms with Gasteiger partial charge in [-0.15, -0.1) is 11.3 Å². The summed E-state index contributed by atoms with van der Waals surface area (Å²) in [7, 11) is -3.58. The van der Waals surface area contributed by atoms with Gasteiger partial charge in [0.15, 0.2) is 0 Å². The molecule has 0 saturated carbocycles. The number of hydrogen-bond donors (Lipinski definition) is 2. The molecule has 0 spiro atoms. The van der Waals surface area contributed by atoms with Crippen LogP contribution in [0.25, 0.3) is 0 Å². The van der Waals surface area contributed by atoms with Crippen LogP contribution < -0.4 is 5.73 Å². The molecule has 8 heteroatoms. The Morgan fingerprint density at radius 1 is 1.59 bits per heavy atom. The molecule has 1 fully saturated rings. The van der Waals surface area contributed by atoms with Crippen LogP contribution in [-0.4, -0.2) is 42.9 Å². The molecule has 1 aromatic heterocycles. The summed E-state index contributed by atoms with van der Waals surface area (Å²) in [5.41, 5.74) is 5.65. The van der Waals surface area contributed by atoms with E-state index in [1.807, 2.05) is 0 Å². The minimum atomic E-state index is -3.58. The number of sulfonamides is 1. The Kier molecular flexibility index (Phi) is 3.21. The summed E-state index contributed by atoms with van der Waals surface area (Å²) in [4.78, 5) is 10.7. The molecule has 0 aromatic carbocycles. The van der Waals surface area contributed by atoms with E-state index in [0.29, 0.717) is 19.5 Å². The van der Waals surface area contributed by atoms with Crippen LogP contribution in [0.4, 0.5) is 0 Å². The molecular formula is C9H12N2O4S2. The van der Waals surface area contributed by atoms with Gasteiger partial charge in [0.25, 0.3) is 10.0 Å². The van der Waals surface area contributed by atoms with E-state index in [1.54, 1.807) is 0 Å². The van der Waals surface area contributed by atoms with Crippen molar-refractivity contribution >= 4 is 27.3 Å². The van der Waals surface area contributed by atoms with Crippen LogP contribution >= 0.6 is 11.3 Å². The standard InChI is InChI=1S/C9H12N2O4S2/c10-7-1-2-11(4-7)17(14,15)8-3-6(5-16-8)9(12)13/h3,5,7H,1-2,4,10H2,(H,12,13). The molecule has 0 bridgehead atoms. The zero-order valence-corrected chi connectivity index (χ0v) is 10.5. The number of thiophene rings is 1. The summed E-state index contributed by atoms with van der Waals surface area (Å²) in [6, 6.07) is 1.05. The fourth-order valence-electron chi connectivity index (χ4n) is 1.66. The SMILES string of the molecule is NC1CCN(S(=O)(=O)c2cc(C(=O)O)cs2)C1. The van der Waals surface area contributed by atoms with E-state index >= 15 is 0 Å². The van der Waals surface area contributed by atoms with E-state index in [1.165, 1.54) is 15.8 Å². The number of carboxylic acids is 1. The van der Waals surface area contributed by atoms with Crippen LogP contribution in [0.3, 0.4) is 0 Å². The van der Waals surface area contributed by atoms with Gasteiger partial charge < -0.3 is 10.8 Å². The first-order valence-corrected chi connectivity index (χ1v) is 7.31. The summed E-state index contributed by atoms with van der Waals surface area (Å²) in [6.45, 7) is 0.687. The second-order valence-corrected chi connectivity index (χ2v) is 6.95. The van der Waals surface area contributed by atoms with Crippen molar-refractivity contribution < 1.29 is 18.3 Å². The molecule has 3 N–H and O–H groups in total. The number of hydrogen-bond acceptors (Lipinski definition) is 5. The maximum Gasteiger partial charge on any atom is 0.336 e. The van der Waals surface area contributed by atoms with Gasteiger partial charge in [0, 0.05) is 24.5 Å². The van der Waals surface area contributed by atoms with Gasteiger partial charge >= 0.3 is 5.97 Å². The molecule has 1 unspecified atom stereocenters. The minimum absolute atomic E-state index is 0.00271. The highest BCUT2D eigenvalue weighted by atomic mass is 32.2. The van der Waals surface area contributed by atoms with Crippen LogP contribution in [0.5, 0.6) is 0 Å². The zero-order chi connectivity index (χ0) is 12.6. The molecule has 0 amide bonds. The van der Waals surface area contributed by atoms with Crippen molar-refractivity contribution in [2.75, 3.05) is 13.1 Å². The second-order valence-electron chi connectivity index (χ2n) is 3.87. The van der Waals surface area contributed by atoms with Gasteiger partial charge in [-0.2, -0.15) is 4.31 Å². The molecule has 0 radical (unpaired) electrons. The van der Waals surface area contributed by atoms with E-state index < -0.39 is 16.0 Å². The Morgan fingerprint density at radius 3 is 2.76 bits per heavy atom. The molecule has 1 atom stereocenters. The highest BCUT2D eigenvalue weighted by Gasteiger charge is 2.32. The normalized spacial score (nSPS) is 21.8. The number of nitrogens with zero attached hydrogens (tertiary/aromatic N) is 1. The van der Waals surface area contributed by atoms with Gasteiger partial charge in [-0.25, -0.2) is 13.2 Å². The Morgan fingerprint density at radius 2 is 2.29 bits per heavy atom. The Hall–Kier alpha value is -0.960. The second kappa shape index (κ2) is 4.37. The minimum Gasteiger partial charge on any atom is -0.478 e. The Balaban J connectivity index is 2.28. The lowest BCUT2D eigenvalue weighted by Gasteiger charge is -2.13.